The Balaban J connectivity index is 2.12. The van der Waals surface area contributed by atoms with E-state index in [4.69, 9.17) is 4.84 Å². The van der Waals surface area contributed by atoms with Gasteiger partial charge < -0.3 is 0 Å². The summed E-state index contributed by atoms with van der Waals surface area (Å²) in [7, 11) is 0. The van der Waals surface area contributed by atoms with Crippen LogP contribution in [0.4, 0.5) is 0 Å². The average molecular weight is 189 g/mol. The van der Waals surface area contributed by atoms with Crippen molar-refractivity contribution in [3.63, 3.8) is 0 Å². The van der Waals surface area contributed by atoms with Crippen molar-refractivity contribution in [3.8, 4) is 0 Å². The van der Waals surface area contributed by atoms with Crippen LogP contribution in [0.3, 0.4) is 0 Å². The minimum atomic E-state index is 0.0879. The van der Waals surface area contributed by atoms with Crippen LogP contribution >= 0.6 is 0 Å². The Morgan fingerprint density at radius 2 is 2.14 bits per heavy atom. The predicted molar refractivity (Wildman–Crippen MR) is 56.7 cm³/mol. The van der Waals surface area contributed by atoms with Gasteiger partial charge in [0.25, 0.3) is 0 Å². The number of hydrogen-bond donors (Lipinski definition) is 0. The molecular formula is C12H15NO. The van der Waals surface area contributed by atoms with E-state index in [1.165, 1.54) is 5.56 Å². The Hall–Kier alpha value is -1.12. The van der Waals surface area contributed by atoms with Gasteiger partial charge in [0.05, 0.1) is 0 Å². The summed E-state index contributed by atoms with van der Waals surface area (Å²) in [5.41, 5.74) is 1.21. The molecule has 0 saturated carbocycles. The molecule has 1 aliphatic heterocycles. The monoisotopic (exact) mass is 189 g/mol. The number of likely N-dealkylation sites (N-methyl/N-ethyl adjacent to an activating group) is 1. The zero-order chi connectivity index (χ0) is 9.80. The van der Waals surface area contributed by atoms with E-state index in [9.17, 15) is 0 Å². The topological polar surface area (TPSA) is 12.5 Å². The number of benzene rings is 1. The second kappa shape index (κ2) is 4.40. The summed E-state index contributed by atoms with van der Waals surface area (Å²) >= 11 is 0. The van der Waals surface area contributed by atoms with Crippen molar-refractivity contribution in [3.05, 3.63) is 48.0 Å². The van der Waals surface area contributed by atoms with Gasteiger partial charge in [-0.2, -0.15) is 5.06 Å². The molecule has 1 atom stereocenters. The van der Waals surface area contributed by atoms with E-state index >= 15 is 0 Å². The molecule has 0 amide bonds. The molecule has 0 bridgehead atoms. The van der Waals surface area contributed by atoms with Gasteiger partial charge in [-0.1, -0.05) is 49.4 Å². The SMILES string of the molecule is CCN1CC=CC(c2ccccc2)O1. The number of hydrogen-bond acceptors (Lipinski definition) is 2. The molecule has 0 aliphatic carbocycles. The van der Waals surface area contributed by atoms with E-state index < -0.39 is 0 Å². The lowest BCUT2D eigenvalue weighted by Gasteiger charge is -2.27. The molecule has 14 heavy (non-hydrogen) atoms. The highest BCUT2D eigenvalue weighted by Crippen LogP contribution is 2.22. The molecule has 1 aromatic carbocycles. The van der Waals surface area contributed by atoms with Gasteiger partial charge in [-0.05, 0) is 5.56 Å². The molecule has 0 saturated heterocycles. The highest BCUT2D eigenvalue weighted by atomic mass is 16.7. The van der Waals surface area contributed by atoms with Crippen molar-refractivity contribution in [1.29, 1.82) is 0 Å². The Kier molecular flexibility index (Phi) is 2.96. The quantitative estimate of drug-likeness (QED) is 0.663. The summed E-state index contributed by atoms with van der Waals surface area (Å²) in [4.78, 5) is 5.77. The van der Waals surface area contributed by atoms with Gasteiger partial charge in [0.1, 0.15) is 6.10 Å². The highest BCUT2D eigenvalue weighted by molar-refractivity contribution is 5.21. The van der Waals surface area contributed by atoms with E-state index in [1.54, 1.807) is 0 Å². The summed E-state index contributed by atoms with van der Waals surface area (Å²) in [6.45, 7) is 3.91. The maximum Gasteiger partial charge on any atom is 0.123 e. The van der Waals surface area contributed by atoms with Crippen LogP contribution in [-0.4, -0.2) is 18.2 Å². The molecule has 2 rings (SSSR count). The second-order valence-electron chi connectivity index (χ2n) is 3.35. The van der Waals surface area contributed by atoms with Crippen LogP contribution in [-0.2, 0) is 4.84 Å². The summed E-state index contributed by atoms with van der Waals surface area (Å²) < 4.78 is 0. The Morgan fingerprint density at radius 3 is 2.86 bits per heavy atom. The first-order valence-corrected chi connectivity index (χ1v) is 5.03. The predicted octanol–water partition coefficient (Wildman–Crippen LogP) is 2.55. The molecule has 0 N–H and O–H groups in total. The van der Waals surface area contributed by atoms with Gasteiger partial charge >= 0.3 is 0 Å². The molecule has 1 unspecified atom stereocenters. The molecule has 2 heteroatoms. The van der Waals surface area contributed by atoms with E-state index in [2.05, 4.69) is 31.2 Å². The van der Waals surface area contributed by atoms with Gasteiger partial charge in [-0.15, -0.1) is 0 Å². The fourth-order valence-electron chi connectivity index (χ4n) is 1.56. The van der Waals surface area contributed by atoms with Crippen LogP contribution < -0.4 is 0 Å². The van der Waals surface area contributed by atoms with Crippen LogP contribution in [0.25, 0.3) is 0 Å². The minimum Gasteiger partial charge on any atom is -0.286 e. The summed E-state index contributed by atoms with van der Waals surface area (Å²) in [6, 6.07) is 10.3. The number of hydroxylamine groups is 2. The van der Waals surface area contributed by atoms with Gasteiger partial charge in [-0.25, -0.2) is 0 Å². The molecule has 1 aromatic rings. The smallest absolute Gasteiger partial charge is 0.123 e. The lowest BCUT2D eigenvalue weighted by molar-refractivity contribution is -0.183. The van der Waals surface area contributed by atoms with Gasteiger partial charge in [0.15, 0.2) is 0 Å². The molecule has 1 aliphatic rings. The van der Waals surface area contributed by atoms with Crippen LogP contribution in [0.5, 0.6) is 0 Å². The van der Waals surface area contributed by atoms with Gasteiger partial charge in [-0.3, -0.25) is 4.84 Å². The maximum absolute atomic E-state index is 5.77. The van der Waals surface area contributed by atoms with Gasteiger partial charge in [0.2, 0.25) is 0 Å². The fraction of sp³-hybridized carbons (Fsp3) is 0.333. The summed E-state index contributed by atoms with van der Waals surface area (Å²) in [5, 5.41) is 1.97. The molecule has 0 spiro atoms. The number of nitrogens with zero attached hydrogens (tertiary/aromatic N) is 1. The fourth-order valence-corrected chi connectivity index (χ4v) is 1.56. The van der Waals surface area contributed by atoms with Crippen LogP contribution in [0.15, 0.2) is 42.5 Å². The Bertz CT molecular complexity index is 307. The molecule has 0 aromatic heterocycles. The van der Waals surface area contributed by atoms with Crippen molar-refractivity contribution in [2.45, 2.75) is 13.0 Å². The highest BCUT2D eigenvalue weighted by Gasteiger charge is 2.15. The molecule has 74 valence electrons. The molecule has 1 heterocycles. The van der Waals surface area contributed by atoms with Crippen molar-refractivity contribution >= 4 is 0 Å². The second-order valence-corrected chi connectivity index (χ2v) is 3.35. The maximum atomic E-state index is 5.77. The first-order chi connectivity index (χ1) is 6.90. The lowest BCUT2D eigenvalue weighted by atomic mass is 10.1. The summed E-state index contributed by atoms with van der Waals surface area (Å²) in [6.07, 6.45) is 4.36. The zero-order valence-electron chi connectivity index (χ0n) is 8.39. The molecule has 2 nitrogen and oxygen atoms in total. The summed E-state index contributed by atoms with van der Waals surface area (Å²) in [5.74, 6) is 0. The first-order valence-electron chi connectivity index (χ1n) is 5.03. The molecule has 0 radical (unpaired) electrons. The zero-order valence-corrected chi connectivity index (χ0v) is 8.39. The van der Waals surface area contributed by atoms with Crippen LogP contribution in [0.1, 0.15) is 18.6 Å². The van der Waals surface area contributed by atoms with Crippen molar-refractivity contribution in [2.75, 3.05) is 13.1 Å². The van der Waals surface area contributed by atoms with Crippen molar-refractivity contribution in [2.24, 2.45) is 0 Å². The van der Waals surface area contributed by atoms with Gasteiger partial charge in [0, 0.05) is 13.1 Å². The van der Waals surface area contributed by atoms with E-state index in [-0.39, 0.29) is 6.10 Å². The van der Waals surface area contributed by atoms with Crippen LogP contribution in [0, 0.1) is 0 Å². The minimum absolute atomic E-state index is 0.0879. The van der Waals surface area contributed by atoms with Crippen molar-refractivity contribution < 1.29 is 4.84 Å². The lowest BCUT2D eigenvalue weighted by Crippen LogP contribution is -2.28. The van der Waals surface area contributed by atoms with Crippen molar-refractivity contribution in [1.82, 2.24) is 5.06 Å². The number of rotatable bonds is 2. The third-order valence-corrected chi connectivity index (χ3v) is 2.36. The Morgan fingerprint density at radius 1 is 1.36 bits per heavy atom. The molecular weight excluding hydrogens is 174 g/mol. The largest absolute Gasteiger partial charge is 0.286 e. The third-order valence-electron chi connectivity index (χ3n) is 2.36. The van der Waals surface area contributed by atoms with E-state index in [0.717, 1.165) is 13.1 Å². The third kappa shape index (κ3) is 2.03. The van der Waals surface area contributed by atoms with E-state index in [1.807, 2.05) is 23.3 Å². The normalized spacial score (nSPS) is 22.5. The Labute approximate surface area is 84.8 Å². The first kappa shape index (κ1) is 9.44. The van der Waals surface area contributed by atoms with E-state index in [0.29, 0.717) is 0 Å². The average Bonchev–Trinajstić information content (AvgIpc) is 2.30. The van der Waals surface area contributed by atoms with Crippen LogP contribution in [0.2, 0.25) is 0 Å². The standard InChI is InChI=1S/C12H15NO/c1-2-13-10-6-9-12(14-13)11-7-4-3-5-8-11/h3-9,12H,2,10H2,1H3. The molecule has 0 fully saturated rings.